The van der Waals surface area contributed by atoms with Crippen molar-refractivity contribution in [3.63, 3.8) is 0 Å². The van der Waals surface area contributed by atoms with Crippen LogP contribution in [0.4, 0.5) is 0 Å². The molecule has 1 unspecified atom stereocenters. The zero-order chi connectivity index (χ0) is 14.0. The van der Waals surface area contributed by atoms with Gasteiger partial charge in [-0.25, -0.2) is 8.42 Å². The van der Waals surface area contributed by atoms with Crippen LogP contribution >= 0.6 is 0 Å². The lowest BCUT2D eigenvalue weighted by atomic mass is 10.1. The van der Waals surface area contributed by atoms with E-state index in [1.165, 1.54) is 11.2 Å². The first kappa shape index (κ1) is 14.2. The molecule has 0 aliphatic carbocycles. The summed E-state index contributed by atoms with van der Waals surface area (Å²) < 4.78 is 26.6. The number of carbonyl (C=O) groups is 1. The van der Waals surface area contributed by atoms with Crippen LogP contribution in [0.15, 0.2) is 29.2 Å². The lowest BCUT2D eigenvalue weighted by Crippen LogP contribution is -2.36. The van der Waals surface area contributed by atoms with Crippen molar-refractivity contribution < 1.29 is 13.2 Å². The van der Waals surface area contributed by atoms with Crippen LogP contribution in [0.1, 0.15) is 31.7 Å². The van der Waals surface area contributed by atoms with Crippen molar-refractivity contribution in [1.82, 2.24) is 4.31 Å². The number of Topliss-reactive ketones (excluding diaryl/α,β-unsaturated/α-hetero) is 1. The Kier molecular flexibility index (Phi) is 4.06. The van der Waals surface area contributed by atoms with E-state index in [1.54, 1.807) is 24.3 Å². The van der Waals surface area contributed by atoms with E-state index in [-0.39, 0.29) is 11.8 Å². The molecule has 1 aliphatic rings. The van der Waals surface area contributed by atoms with Crippen molar-refractivity contribution in [3.05, 3.63) is 29.8 Å². The number of rotatable bonds is 4. The quantitative estimate of drug-likeness (QED) is 0.849. The van der Waals surface area contributed by atoms with E-state index in [2.05, 4.69) is 0 Å². The number of benzene rings is 1. The number of nitrogens with zero attached hydrogens (tertiary/aromatic N) is 1. The fourth-order valence-electron chi connectivity index (χ4n) is 2.51. The van der Waals surface area contributed by atoms with Crippen molar-refractivity contribution in [3.8, 4) is 0 Å². The van der Waals surface area contributed by atoms with Gasteiger partial charge in [0.1, 0.15) is 5.78 Å². The Labute approximate surface area is 114 Å². The maximum atomic E-state index is 12.6. The minimum absolute atomic E-state index is 0.0380. The molecule has 104 valence electrons. The van der Waals surface area contributed by atoms with Gasteiger partial charge in [0.15, 0.2) is 0 Å². The number of hydrogen-bond donors (Lipinski definition) is 0. The summed E-state index contributed by atoms with van der Waals surface area (Å²) in [5, 5.41) is 0. The van der Waals surface area contributed by atoms with E-state index in [1.807, 2.05) is 6.92 Å². The third kappa shape index (κ3) is 3.04. The second kappa shape index (κ2) is 5.43. The Morgan fingerprint density at radius 3 is 2.53 bits per heavy atom. The third-order valence-corrected chi connectivity index (χ3v) is 5.44. The predicted octanol–water partition coefficient (Wildman–Crippen LogP) is 2.13. The number of carbonyl (C=O) groups excluding carboxylic acids is 1. The van der Waals surface area contributed by atoms with Gasteiger partial charge in [-0.1, -0.05) is 17.7 Å². The normalized spacial score (nSPS) is 20.6. The molecule has 1 aromatic rings. The van der Waals surface area contributed by atoms with Gasteiger partial charge < -0.3 is 0 Å². The third-order valence-electron chi connectivity index (χ3n) is 3.47. The molecule has 19 heavy (non-hydrogen) atoms. The van der Waals surface area contributed by atoms with E-state index in [0.717, 1.165) is 18.4 Å². The predicted molar refractivity (Wildman–Crippen MR) is 73.4 cm³/mol. The molecule has 1 saturated heterocycles. The van der Waals surface area contributed by atoms with Gasteiger partial charge in [-0.15, -0.1) is 0 Å². The molecule has 1 aromatic carbocycles. The molecule has 1 aliphatic heterocycles. The van der Waals surface area contributed by atoms with Crippen LogP contribution in [0.2, 0.25) is 0 Å². The molecule has 1 fully saturated rings. The van der Waals surface area contributed by atoms with Gasteiger partial charge in [-0.05, 0) is 38.8 Å². The average molecular weight is 281 g/mol. The van der Waals surface area contributed by atoms with Crippen LogP contribution in [0.25, 0.3) is 0 Å². The highest BCUT2D eigenvalue weighted by Crippen LogP contribution is 2.28. The molecule has 5 heteroatoms. The standard InChI is InChI=1S/C14H19NO3S/c1-11-5-7-14(8-6-11)19(17,18)15-9-3-4-13(15)10-12(2)16/h5-8,13H,3-4,9-10H2,1-2H3. The number of aryl methyl sites for hydroxylation is 1. The average Bonchev–Trinajstić information content (AvgIpc) is 2.77. The summed E-state index contributed by atoms with van der Waals surface area (Å²) >= 11 is 0. The van der Waals surface area contributed by atoms with Crippen molar-refractivity contribution in [2.45, 2.75) is 44.0 Å². The number of ketones is 1. The van der Waals surface area contributed by atoms with Gasteiger partial charge in [-0.3, -0.25) is 4.79 Å². The maximum absolute atomic E-state index is 12.6. The highest BCUT2D eigenvalue weighted by atomic mass is 32.2. The van der Waals surface area contributed by atoms with E-state index in [4.69, 9.17) is 0 Å². The molecule has 0 amide bonds. The molecule has 0 saturated carbocycles. The first-order valence-corrected chi connectivity index (χ1v) is 7.93. The summed E-state index contributed by atoms with van der Waals surface area (Å²) in [4.78, 5) is 11.5. The van der Waals surface area contributed by atoms with Gasteiger partial charge >= 0.3 is 0 Å². The van der Waals surface area contributed by atoms with Crippen LogP contribution in [-0.4, -0.2) is 31.1 Å². The molecule has 0 spiro atoms. The Morgan fingerprint density at radius 2 is 1.95 bits per heavy atom. The largest absolute Gasteiger partial charge is 0.300 e. The van der Waals surface area contributed by atoms with Gasteiger partial charge in [0.05, 0.1) is 4.90 Å². The Morgan fingerprint density at radius 1 is 1.32 bits per heavy atom. The van der Waals surface area contributed by atoms with Crippen LogP contribution in [0.5, 0.6) is 0 Å². The van der Waals surface area contributed by atoms with Gasteiger partial charge in [-0.2, -0.15) is 4.31 Å². The summed E-state index contributed by atoms with van der Waals surface area (Å²) in [5.41, 5.74) is 1.03. The molecule has 0 aromatic heterocycles. The Bertz CT molecular complexity index is 563. The van der Waals surface area contributed by atoms with Crippen LogP contribution in [0.3, 0.4) is 0 Å². The lowest BCUT2D eigenvalue weighted by Gasteiger charge is -2.23. The zero-order valence-corrected chi connectivity index (χ0v) is 12.1. The molecule has 2 rings (SSSR count). The number of hydrogen-bond acceptors (Lipinski definition) is 3. The highest BCUT2D eigenvalue weighted by molar-refractivity contribution is 7.89. The second-order valence-electron chi connectivity index (χ2n) is 5.13. The van der Waals surface area contributed by atoms with E-state index < -0.39 is 10.0 Å². The van der Waals surface area contributed by atoms with Gasteiger partial charge in [0.2, 0.25) is 10.0 Å². The first-order chi connectivity index (χ1) is 8.91. The summed E-state index contributed by atoms with van der Waals surface area (Å²) in [5.74, 6) is 0.0380. The minimum atomic E-state index is -3.47. The van der Waals surface area contributed by atoms with E-state index in [9.17, 15) is 13.2 Å². The van der Waals surface area contributed by atoms with E-state index >= 15 is 0 Å². The molecule has 4 nitrogen and oxygen atoms in total. The van der Waals surface area contributed by atoms with Crippen molar-refractivity contribution in [1.29, 1.82) is 0 Å². The SMILES string of the molecule is CC(=O)CC1CCCN1S(=O)(=O)c1ccc(C)cc1. The molecule has 0 radical (unpaired) electrons. The summed E-state index contributed by atoms with van der Waals surface area (Å²) in [7, 11) is -3.47. The topological polar surface area (TPSA) is 54.5 Å². The van der Waals surface area contributed by atoms with E-state index in [0.29, 0.717) is 17.9 Å². The smallest absolute Gasteiger partial charge is 0.243 e. The fourth-order valence-corrected chi connectivity index (χ4v) is 4.20. The van der Waals surface area contributed by atoms with Crippen molar-refractivity contribution in [2.75, 3.05) is 6.54 Å². The van der Waals surface area contributed by atoms with Crippen molar-refractivity contribution in [2.24, 2.45) is 0 Å². The van der Waals surface area contributed by atoms with Crippen LogP contribution in [-0.2, 0) is 14.8 Å². The minimum Gasteiger partial charge on any atom is -0.300 e. The van der Waals surface area contributed by atoms with Gasteiger partial charge in [0.25, 0.3) is 0 Å². The summed E-state index contributed by atoms with van der Waals surface area (Å²) in [6.45, 7) is 3.94. The molecule has 0 N–H and O–H groups in total. The number of sulfonamides is 1. The highest BCUT2D eigenvalue weighted by Gasteiger charge is 2.35. The molecular weight excluding hydrogens is 262 g/mol. The fraction of sp³-hybridized carbons (Fsp3) is 0.500. The monoisotopic (exact) mass is 281 g/mol. The Balaban J connectivity index is 2.28. The molecule has 1 heterocycles. The zero-order valence-electron chi connectivity index (χ0n) is 11.3. The lowest BCUT2D eigenvalue weighted by molar-refractivity contribution is -0.117. The second-order valence-corrected chi connectivity index (χ2v) is 7.02. The summed E-state index contributed by atoms with van der Waals surface area (Å²) in [6.07, 6.45) is 1.90. The Hall–Kier alpha value is -1.20. The summed E-state index contributed by atoms with van der Waals surface area (Å²) in [6, 6.07) is 6.68. The molecule has 1 atom stereocenters. The van der Waals surface area contributed by atoms with Crippen LogP contribution in [0, 0.1) is 6.92 Å². The van der Waals surface area contributed by atoms with Crippen molar-refractivity contribution >= 4 is 15.8 Å². The van der Waals surface area contributed by atoms with Gasteiger partial charge in [0, 0.05) is 19.0 Å². The van der Waals surface area contributed by atoms with Crippen LogP contribution < -0.4 is 0 Å². The molecule has 0 bridgehead atoms. The first-order valence-electron chi connectivity index (χ1n) is 6.49. The molecular formula is C14H19NO3S. The maximum Gasteiger partial charge on any atom is 0.243 e.